The summed E-state index contributed by atoms with van der Waals surface area (Å²) in [4.78, 5) is 12.0. The summed E-state index contributed by atoms with van der Waals surface area (Å²) in [6, 6.07) is 0. The number of carbonyl (C=O) groups excluding carboxylic acids is 1. The van der Waals surface area contributed by atoms with E-state index >= 15 is 0 Å². The fraction of sp³-hybridized carbons (Fsp3) is 0.929. The molecule has 1 saturated carbocycles. The minimum absolute atomic E-state index is 0.111. The van der Waals surface area contributed by atoms with Crippen molar-refractivity contribution >= 4 is 6.09 Å². The lowest BCUT2D eigenvalue weighted by atomic mass is 9.71. The van der Waals surface area contributed by atoms with Crippen LogP contribution >= 0.6 is 0 Å². The normalized spacial score (nSPS) is 19.7. The van der Waals surface area contributed by atoms with Crippen LogP contribution in [0.25, 0.3) is 0 Å². The van der Waals surface area contributed by atoms with Crippen molar-refractivity contribution in [3.63, 3.8) is 0 Å². The van der Waals surface area contributed by atoms with Crippen LogP contribution in [0.15, 0.2) is 0 Å². The molecule has 0 saturated heterocycles. The molecule has 0 aliphatic heterocycles. The van der Waals surface area contributed by atoms with E-state index in [1.165, 1.54) is 0 Å². The molecule has 0 unspecified atom stereocenters. The number of alkyl carbamates (subject to hydrolysis) is 1. The van der Waals surface area contributed by atoms with Crippen LogP contribution in [0.1, 0.15) is 60.3 Å². The average molecular weight is 256 g/mol. The van der Waals surface area contributed by atoms with Gasteiger partial charge in [0.15, 0.2) is 0 Å². The van der Waals surface area contributed by atoms with E-state index in [2.05, 4.69) is 19.2 Å². The molecule has 4 nitrogen and oxygen atoms in total. The molecule has 0 spiro atoms. The average Bonchev–Trinajstić information content (AvgIpc) is 2.64. The van der Waals surface area contributed by atoms with E-state index in [-0.39, 0.29) is 17.0 Å². The summed E-state index contributed by atoms with van der Waals surface area (Å²) in [5.41, 5.74) is 5.09. The highest BCUT2D eigenvalue weighted by atomic mass is 16.6. The SMILES string of the molecule is CC(C)(C)OC(=O)NC1(C(C)(C)CN)CCCC1. The first kappa shape index (κ1) is 15.3. The Labute approximate surface area is 111 Å². The Balaban J connectivity index is 2.79. The highest BCUT2D eigenvalue weighted by Crippen LogP contribution is 2.43. The van der Waals surface area contributed by atoms with Crippen molar-refractivity contribution < 1.29 is 9.53 Å². The number of rotatable bonds is 3. The molecule has 18 heavy (non-hydrogen) atoms. The highest BCUT2D eigenvalue weighted by molar-refractivity contribution is 5.69. The Kier molecular flexibility index (Phi) is 4.31. The molecule has 0 heterocycles. The number of nitrogens with two attached hydrogens (primary N) is 1. The van der Waals surface area contributed by atoms with Gasteiger partial charge in [-0.3, -0.25) is 0 Å². The third-order valence-electron chi connectivity index (χ3n) is 4.00. The van der Waals surface area contributed by atoms with E-state index in [0.717, 1.165) is 25.7 Å². The molecule has 1 aliphatic carbocycles. The highest BCUT2D eigenvalue weighted by Gasteiger charge is 2.47. The van der Waals surface area contributed by atoms with Crippen molar-refractivity contribution in [3.05, 3.63) is 0 Å². The molecule has 0 aromatic heterocycles. The zero-order chi connectivity index (χ0) is 14.0. The van der Waals surface area contributed by atoms with Crippen LogP contribution < -0.4 is 11.1 Å². The van der Waals surface area contributed by atoms with Crippen molar-refractivity contribution in [2.45, 2.75) is 71.4 Å². The minimum Gasteiger partial charge on any atom is -0.444 e. The summed E-state index contributed by atoms with van der Waals surface area (Å²) in [5.74, 6) is 0. The smallest absolute Gasteiger partial charge is 0.408 e. The summed E-state index contributed by atoms with van der Waals surface area (Å²) in [7, 11) is 0. The number of ether oxygens (including phenoxy) is 1. The van der Waals surface area contributed by atoms with E-state index in [1.807, 2.05) is 20.8 Å². The monoisotopic (exact) mass is 256 g/mol. The molecule has 0 radical (unpaired) electrons. The predicted octanol–water partition coefficient (Wildman–Crippen LogP) is 2.81. The lowest BCUT2D eigenvalue weighted by molar-refractivity contribution is 0.0331. The van der Waals surface area contributed by atoms with Gasteiger partial charge in [-0.2, -0.15) is 0 Å². The van der Waals surface area contributed by atoms with Gasteiger partial charge in [-0.15, -0.1) is 0 Å². The predicted molar refractivity (Wildman–Crippen MR) is 73.4 cm³/mol. The van der Waals surface area contributed by atoms with Gasteiger partial charge in [0.25, 0.3) is 0 Å². The molecule has 4 heteroatoms. The molecular weight excluding hydrogens is 228 g/mol. The Morgan fingerprint density at radius 1 is 1.22 bits per heavy atom. The van der Waals surface area contributed by atoms with Gasteiger partial charge < -0.3 is 15.8 Å². The molecule has 1 amide bonds. The van der Waals surface area contributed by atoms with E-state index in [4.69, 9.17) is 10.5 Å². The lowest BCUT2D eigenvalue weighted by Gasteiger charge is -2.44. The van der Waals surface area contributed by atoms with Crippen molar-refractivity contribution in [2.75, 3.05) is 6.54 Å². The zero-order valence-electron chi connectivity index (χ0n) is 12.4. The van der Waals surface area contributed by atoms with Gasteiger partial charge in [-0.1, -0.05) is 26.7 Å². The fourth-order valence-corrected chi connectivity index (χ4v) is 2.64. The maximum absolute atomic E-state index is 12.0. The first-order chi connectivity index (χ1) is 8.12. The summed E-state index contributed by atoms with van der Waals surface area (Å²) < 4.78 is 5.37. The van der Waals surface area contributed by atoms with Crippen molar-refractivity contribution in [2.24, 2.45) is 11.1 Å². The summed E-state index contributed by atoms with van der Waals surface area (Å²) in [6.45, 7) is 10.4. The third-order valence-corrected chi connectivity index (χ3v) is 4.00. The Morgan fingerprint density at radius 3 is 2.11 bits per heavy atom. The van der Waals surface area contributed by atoms with Crippen LogP contribution in [0, 0.1) is 5.41 Å². The van der Waals surface area contributed by atoms with E-state index in [0.29, 0.717) is 6.54 Å². The first-order valence-electron chi connectivity index (χ1n) is 6.83. The molecule has 1 aliphatic rings. The van der Waals surface area contributed by atoms with Gasteiger partial charge in [0.05, 0.1) is 0 Å². The van der Waals surface area contributed by atoms with E-state index in [1.54, 1.807) is 0 Å². The van der Waals surface area contributed by atoms with Gasteiger partial charge >= 0.3 is 6.09 Å². The molecule has 0 atom stereocenters. The van der Waals surface area contributed by atoms with Crippen LogP contribution in [0.4, 0.5) is 4.79 Å². The number of hydrogen-bond donors (Lipinski definition) is 2. The Bertz CT molecular complexity index is 299. The molecule has 0 bridgehead atoms. The molecule has 106 valence electrons. The van der Waals surface area contributed by atoms with Crippen molar-refractivity contribution in [3.8, 4) is 0 Å². The Morgan fingerprint density at radius 2 is 1.72 bits per heavy atom. The third kappa shape index (κ3) is 3.37. The van der Waals surface area contributed by atoms with Crippen molar-refractivity contribution in [1.82, 2.24) is 5.32 Å². The molecule has 1 rings (SSSR count). The summed E-state index contributed by atoms with van der Waals surface area (Å²) in [5, 5.41) is 3.10. The van der Waals surface area contributed by atoms with Gasteiger partial charge in [0.2, 0.25) is 0 Å². The first-order valence-corrected chi connectivity index (χ1v) is 6.83. The number of nitrogens with one attached hydrogen (secondary N) is 1. The standard InChI is InChI=1S/C14H28N2O2/c1-12(2,3)18-11(17)16-14(8-6-7-9-14)13(4,5)10-15/h6-10,15H2,1-5H3,(H,16,17). The topological polar surface area (TPSA) is 64.3 Å². The molecule has 1 fully saturated rings. The molecule has 3 N–H and O–H groups in total. The second-order valence-electron chi connectivity index (χ2n) is 7.00. The Hall–Kier alpha value is -0.770. The lowest BCUT2D eigenvalue weighted by Crippen LogP contribution is -2.59. The van der Waals surface area contributed by atoms with Crippen LogP contribution in [-0.2, 0) is 4.74 Å². The minimum atomic E-state index is -0.462. The molecule has 0 aromatic carbocycles. The van der Waals surface area contributed by atoms with E-state index < -0.39 is 5.60 Å². The number of amides is 1. The fourth-order valence-electron chi connectivity index (χ4n) is 2.64. The maximum atomic E-state index is 12.0. The number of carbonyl (C=O) groups is 1. The van der Waals surface area contributed by atoms with Crippen molar-refractivity contribution in [1.29, 1.82) is 0 Å². The van der Waals surface area contributed by atoms with E-state index in [9.17, 15) is 4.79 Å². The summed E-state index contributed by atoms with van der Waals surface area (Å²) in [6.07, 6.45) is 3.91. The molecule has 0 aromatic rings. The van der Waals surface area contributed by atoms with Crippen LogP contribution in [-0.4, -0.2) is 23.8 Å². The maximum Gasteiger partial charge on any atom is 0.408 e. The van der Waals surface area contributed by atoms with Crippen LogP contribution in [0.5, 0.6) is 0 Å². The zero-order valence-corrected chi connectivity index (χ0v) is 12.4. The second-order valence-corrected chi connectivity index (χ2v) is 7.00. The van der Waals surface area contributed by atoms with Gasteiger partial charge in [0.1, 0.15) is 5.60 Å². The summed E-state index contributed by atoms with van der Waals surface area (Å²) >= 11 is 0. The molecular formula is C14H28N2O2. The van der Waals surface area contributed by atoms with Crippen LogP contribution in [0.2, 0.25) is 0 Å². The quantitative estimate of drug-likeness (QED) is 0.816. The van der Waals surface area contributed by atoms with Gasteiger partial charge in [0, 0.05) is 11.0 Å². The number of hydrogen-bond acceptors (Lipinski definition) is 3. The van der Waals surface area contributed by atoms with Crippen LogP contribution in [0.3, 0.4) is 0 Å². The largest absolute Gasteiger partial charge is 0.444 e. The van der Waals surface area contributed by atoms with Gasteiger partial charge in [-0.05, 0) is 40.2 Å². The van der Waals surface area contributed by atoms with Gasteiger partial charge in [-0.25, -0.2) is 4.79 Å². The second kappa shape index (κ2) is 5.08.